The number of aliphatic hydroxyl groups is 1. The van der Waals surface area contributed by atoms with Gasteiger partial charge in [0.15, 0.2) is 0 Å². The smallest absolute Gasteiger partial charge is 0.0704 e. The summed E-state index contributed by atoms with van der Waals surface area (Å²) in [5.41, 5.74) is 0.0833. The van der Waals surface area contributed by atoms with E-state index >= 15 is 0 Å². The number of hydrogen-bond acceptors (Lipinski definition) is 3. The molecule has 2 fully saturated rings. The summed E-state index contributed by atoms with van der Waals surface area (Å²) in [4.78, 5) is 0. The molecule has 0 aromatic rings. The van der Waals surface area contributed by atoms with Gasteiger partial charge >= 0.3 is 0 Å². The van der Waals surface area contributed by atoms with Crippen LogP contribution in [0.1, 0.15) is 64.7 Å². The van der Waals surface area contributed by atoms with E-state index in [0.29, 0.717) is 13.2 Å². The van der Waals surface area contributed by atoms with Crippen molar-refractivity contribution in [3.63, 3.8) is 0 Å². The van der Waals surface area contributed by atoms with Crippen LogP contribution in [0.3, 0.4) is 0 Å². The number of aliphatic hydroxyl groups excluding tert-OH is 1. The average Bonchev–Trinajstić information content (AvgIpc) is 2.69. The van der Waals surface area contributed by atoms with E-state index < -0.39 is 0 Å². The minimum absolute atomic E-state index is 0.0833. The van der Waals surface area contributed by atoms with Gasteiger partial charge in [0.1, 0.15) is 0 Å². The molecule has 0 radical (unpaired) electrons. The van der Waals surface area contributed by atoms with Crippen LogP contribution in [0, 0.1) is 5.41 Å². The van der Waals surface area contributed by atoms with E-state index in [0.717, 1.165) is 32.3 Å². The number of unbranched alkanes of at least 4 members (excludes halogenated alkanes) is 1. The third kappa shape index (κ3) is 3.71. The fourth-order valence-electron chi connectivity index (χ4n) is 3.60. The lowest BCUT2D eigenvalue weighted by atomic mass is 9.59. The molecular weight excluding hydrogens is 240 g/mol. The Morgan fingerprint density at radius 3 is 2.42 bits per heavy atom. The Morgan fingerprint density at radius 1 is 1.05 bits per heavy atom. The first kappa shape index (κ1) is 15.3. The highest BCUT2D eigenvalue weighted by Crippen LogP contribution is 2.52. The highest BCUT2D eigenvalue weighted by atomic mass is 16.5. The summed E-state index contributed by atoms with van der Waals surface area (Å²) in [6.45, 7) is 4.40. The van der Waals surface area contributed by atoms with Crippen LogP contribution in [0.2, 0.25) is 0 Å². The molecule has 0 saturated heterocycles. The maximum absolute atomic E-state index is 10.2. The molecule has 1 N–H and O–H groups in total. The van der Waals surface area contributed by atoms with Crippen LogP contribution < -0.4 is 0 Å². The van der Waals surface area contributed by atoms with Crippen molar-refractivity contribution >= 4 is 0 Å². The zero-order valence-corrected chi connectivity index (χ0v) is 12.4. The second-order valence-electron chi connectivity index (χ2n) is 6.22. The van der Waals surface area contributed by atoms with E-state index in [1.54, 1.807) is 0 Å². The minimum atomic E-state index is -0.128. The van der Waals surface area contributed by atoms with Crippen molar-refractivity contribution in [1.82, 2.24) is 0 Å². The highest BCUT2D eigenvalue weighted by Gasteiger charge is 2.54. The number of rotatable bonds is 7. The van der Waals surface area contributed by atoms with E-state index in [1.165, 1.54) is 32.1 Å². The van der Waals surface area contributed by atoms with Crippen LogP contribution in [0.15, 0.2) is 0 Å². The van der Waals surface area contributed by atoms with Crippen molar-refractivity contribution in [3.05, 3.63) is 0 Å². The van der Waals surface area contributed by atoms with Crippen LogP contribution in [0.4, 0.5) is 0 Å². The van der Waals surface area contributed by atoms with Gasteiger partial charge in [0.2, 0.25) is 0 Å². The summed E-state index contributed by atoms with van der Waals surface area (Å²) in [7, 11) is 0. The van der Waals surface area contributed by atoms with Crippen molar-refractivity contribution in [3.8, 4) is 0 Å². The highest BCUT2D eigenvalue weighted by molar-refractivity contribution is 5.04. The predicted molar refractivity (Wildman–Crippen MR) is 76.2 cm³/mol. The van der Waals surface area contributed by atoms with Gasteiger partial charge in [0, 0.05) is 18.4 Å². The van der Waals surface area contributed by atoms with Crippen LogP contribution >= 0.6 is 0 Å². The first-order valence-electron chi connectivity index (χ1n) is 8.17. The standard InChI is InChI=1S/C16H30O3/c1-2-3-10-18-11-12-19-15-13-14(17)16(15)8-6-4-5-7-9-16/h14-15,17H,2-13H2,1H3. The molecule has 2 atom stereocenters. The topological polar surface area (TPSA) is 38.7 Å². The molecule has 2 saturated carbocycles. The van der Waals surface area contributed by atoms with Crippen molar-refractivity contribution in [2.45, 2.75) is 76.9 Å². The Bertz CT molecular complexity index is 246. The summed E-state index contributed by atoms with van der Waals surface area (Å²) in [5.74, 6) is 0. The lowest BCUT2D eigenvalue weighted by Crippen LogP contribution is -2.58. The maximum atomic E-state index is 10.2. The van der Waals surface area contributed by atoms with Gasteiger partial charge < -0.3 is 14.6 Å². The van der Waals surface area contributed by atoms with E-state index in [-0.39, 0.29) is 17.6 Å². The van der Waals surface area contributed by atoms with E-state index in [2.05, 4.69) is 6.92 Å². The summed E-state index contributed by atoms with van der Waals surface area (Å²) >= 11 is 0. The summed E-state index contributed by atoms with van der Waals surface area (Å²) < 4.78 is 11.5. The minimum Gasteiger partial charge on any atom is -0.392 e. The summed E-state index contributed by atoms with van der Waals surface area (Å²) in [6, 6.07) is 0. The molecule has 0 bridgehead atoms. The quantitative estimate of drug-likeness (QED) is 0.721. The van der Waals surface area contributed by atoms with E-state index in [9.17, 15) is 5.11 Å². The molecule has 2 aliphatic carbocycles. The first-order chi connectivity index (χ1) is 9.29. The van der Waals surface area contributed by atoms with Gasteiger partial charge in [-0.05, 0) is 19.3 Å². The van der Waals surface area contributed by atoms with Crippen LogP contribution in [0.25, 0.3) is 0 Å². The average molecular weight is 270 g/mol. The molecule has 3 heteroatoms. The predicted octanol–water partition coefficient (Wildman–Crippen LogP) is 3.29. The molecule has 3 nitrogen and oxygen atoms in total. The van der Waals surface area contributed by atoms with Gasteiger partial charge in [0.25, 0.3) is 0 Å². The Balaban J connectivity index is 1.68. The lowest BCUT2D eigenvalue weighted by molar-refractivity contribution is -0.202. The number of hydrogen-bond donors (Lipinski definition) is 1. The molecule has 0 aromatic heterocycles. The van der Waals surface area contributed by atoms with Gasteiger partial charge in [-0.15, -0.1) is 0 Å². The van der Waals surface area contributed by atoms with Gasteiger partial charge in [-0.2, -0.15) is 0 Å². The summed E-state index contributed by atoms with van der Waals surface area (Å²) in [5, 5.41) is 10.2. The molecular formula is C16H30O3. The van der Waals surface area contributed by atoms with Gasteiger partial charge in [-0.25, -0.2) is 0 Å². The molecule has 112 valence electrons. The Morgan fingerprint density at radius 2 is 1.79 bits per heavy atom. The molecule has 2 rings (SSSR count). The Kier molecular flexibility index (Phi) is 6.11. The molecule has 2 unspecified atom stereocenters. The van der Waals surface area contributed by atoms with E-state index in [4.69, 9.17) is 9.47 Å². The van der Waals surface area contributed by atoms with Crippen molar-refractivity contribution < 1.29 is 14.6 Å². The second-order valence-corrected chi connectivity index (χ2v) is 6.22. The maximum Gasteiger partial charge on any atom is 0.0704 e. The van der Waals surface area contributed by atoms with Gasteiger partial charge in [-0.1, -0.05) is 39.0 Å². The van der Waals surface area contributed by atoms with Gasteiger partial charge in [0.05, 0.1) is 25.4 Å². The largest absolute Gasteiger partial charge is 0.392 e. The van der Waals surface area contributed by atoms with Crippen molar-refractivity contribution in [2.75, 3.05) is 19.8 Å². The van der Waals surface area contributed by atoms with Gasteiger partial charge in [-0.3, -0.25) is 0 Å². The lowest BCUT2D eigenvalue weighted by Gasteiger charge is -2.53. The third-order valence-electron chi connectivity index (χ3n) is 4.97. The fraction of sp³-hybridized carbons (Fsp3) is 1.00. The Hall–Kier alpha value is -0.120. The monoisotopic (exact) mass is 270 g/mol. The normalized spacial score (nSPS) is 30.0. The molecule has 0 heterocycles. The first-order valence-corrected chi connectivity index (χ1v) is 8.17. The van der Waals surface area contributed by atoms with Crippen LogP contribution in [-0.2, 0) is 9.47 Å². The molecule has 0 aliphatic heterocycles. The summed E-state index contributed by atoms with van der Waals surface area (Å²) in [6.07, 6.45) is 10.7. The van der Waals surface area contributed by atoms with Crippen LogP contribution in [-0.4, -0.2) is 37.1 Å². The zero-order chi connectivity index (χ0) is 13.6. The second kappa shape index (κ2) is 7.61. The fourth-order valence-corrected chi connectivity index (χ4v) is 3.60. The zero-order valence-electron chi connectivity index (χ0n) is 12.4. The molecule has 0 aromatic carbocycles. The molecule has 19 heavy (non-hydrogen) atoms. The molecule has 0 amide bonds. The third-order valence-corrected chi connectivity index (χ3v) is 4.97. The van der Waals surface area contributed by atoms with Crippen LogP contribution in [0.5, 0.6) is 0 Å². The molecule has 2 aliphatic rings. The van der Waals surface area contributed by atoms with Crippen molar-refractivity contribution in [2.24, 2.45) is 5.41 Å². The van der Waals surface area contributed by atoms with E-state index in [1.807, 2.05) is 0 Å². The molecule has 1 spiro atoms. The Labute approximate surface area is 117 Å². The number of ether oxygens (including phenoxy) is 2. The van der Waals surface area contributed by atoms with Crippen molar-refractivity contribution in [1.29, 1.82) is 0 Å². The SMILES string of the molecule is CCCCOCCOC1CC(O)C12CCCCCC2.